The van der Waals surface area contributed by atoms with E-state index >= 15 is 0 Å². The van der Waals surface area contributed by atoms with Gasteiger partial charge in [0.25, 0.3) is 0 Å². The molecule has 0 aromatic heterocycles. The molecule has 0 aliphatic heterocycles. The van der Waals surface area contributed by atoms with Crippen molar-refractivity contribution in [2.45, 2.75) is 12.6 Å². The molecule has 0 unspecified atom stereocenters. The number of likely N-dealkylation sites (N-methyl/N-ethyl adjacent to an activating group) is 1. The van der Waals surface area contributed by atoms with E-state index in [2.05, 4.69) is 5.32 Å². The van der Waals surface area contributed by atoms with Gasteiger partial charge >= 0.3 is 6.18 Å². The summed E-state index contributed by atoms with van der Waals surface area (Å²) in [6, 6.07) is 5.35. The number of hydrogen-bond donors (Lipinski definition) is 0. The molecule has 0 atom stereocenters. The Bertz CT molecular complexity index is 294. The zero-order valence-corrected chi connectivity index (χ0v) is 7.80. The second-order valence-electron chi connectivity index (χ2n) is 2.99. The van der Waals surface area contributed by atoms with Gasteiger partial charge in [-0.25, -0.2) is 0 Å². The van der Waals surface area contributed by atoms with Crippen LogP contribution in [0, 0.1) is 0 Å². The largest absolute Gasteiger partial charge is 0.665 e. The molecule has 0 fully saturated rings. The lowest BCUT2D eigenvalue weighted by atomic mass is 10.1. The molecule has 1 aromatic carbocycles. The molecule has 1 rings (SSSR count). The van der Waals surface area contributed by atoms with Gasteiger partial charge in [-0.3, -0.25) is 0 Å². The van der Waals surface area contributed by atoms with Crippen LogP contribution < -0.4 is 0 Å². The second kappa shape index (κ2) is 4.46. The summed E-state index contributed by atoms with van der Waals surface area (Å²) in [4.78, 5) is 0. The Balaban J connectivity index is 2.79. The van der Waals surface area contributed by atoms with Crippen LogP contribution >= 0.6 is 0 Å². The van der Waals surface area contributed by atoms with Gasteiger partial charge in [-0.2, -0.15) is 20.2 Å². The molecule has 0 amide bonds. The molecule has 0 N–H and O–H groups in total. The van der Waals surface area contributed by atoms with Gasteiger partial charge in [0.1, 0.15) is 0 Å². The molecule has 0 saturated heterocycles. The minimum absolute atomic E-state index is 0.556. The molecular weight excluding hydrogens is 191 g/mol. The highest BCUT2D eigenvalue weighted by Crippen LogP contribution is 2.29. The first kappa shape index (κ1) is 11.0. The summed E-state index contributed by atoms with van der Waals surface area (Å²) in [7, 11) is 1.65. The first-order chi connectivity index (χ1) is 6.54. The van der Waals surface area contributed by atoms with E-state index in [0.29, 0.717) is 18.5 Å². The maximum atomic E-state index is 12.3. The normalized spacial score (nSPS) is 11.7. The molecule has 4 heteroatoms. The van der Waals surface area contributed by atoms with Crippen molar-refractivity contribution in [2.24, 2.45) is 0 Å². The van der Waals surface area contributed by atoms with Gasteiger partial charge in [-0.05, 0) is 18.1 Å². The lowest BCUT2D eigenvalue weighted by Gasteiger charge is -2.12. The Morgan fingerprint density at radius 3 is 2.57 bits per heavy atom. The zero-order chi connectivity index (χ0) is 10.6. The quantitative estimate of drug-likeness (QED) is 0.714. The third-order valence-corrected chi connectivity index (χ3v) is 1.88. The van der Waals surface area contributed by atoms with E-state index in [1.807, 2.05) is 0 Å². The van der Waals surface area contributed by atoms with Crippen LogP contribution in [0.3, 0.4) is 0 Å². The molecule has 0 aliphatic carbocycles. The van der Waals surface area contributed by atoms with E-state index in [0.717, 1.165) is 6.07 Å². The monoisotopic (exact) mass is 202 g/mol. The smallest absolute Gasteiger partial charge is 0.416 e. The van der Waals surface area contributed by atoms with Crippen molar-refractivity contribution in [2.75, 3.05) is 13.6 Å². The Morgan fingerprint density at radius 2 is 2.00 bits per heavy atom. The van der Waals surface area contributed by atoms with E-state index in [9.17, 15) is 13.2 Å². The highest BCUT2D eigenvalue weighted by atomic mass is 19.4. The number of rotatable bonds is 3. The summed E-state index contributed by atoms with van der Waals surface area (Å²) in [5.41, 5.74) is 0.0801. The molecule has 1 nitrogen and oxygen atoms in total. The van der Waals surface area contributed by atoms with Gasteiger partial charge in [0.2, 0.25) is 0 Å². The number of alkyl halides is 3. The van der Waals surface area contributed by atoms with E-state index in [4.69, 9.17) is 0 Å². The van der Waals surface area contributed by atoms with E-state index in [-0.39, 0.29) is 0 Å². The molecular formula is C10H11F3N-. The van der Waals surface area contributed by atoms with Crippen molar-refractivity contribution in [3.05, 3.63) is 40.7 Å². The fourth-order valence-electron chi connectivity index (χ4n) is 1.14. The van der Waals surface area contributed by atoms with E-state index < -0.39 is 11.7 Å². The van der Waals surface area contributed by atoms with Crippen LogP contribution in [0.2, 0.25) is 0 Å². The zero-order valence-electron chi connectivity index (χ0n) is 7.80. The van der Waals surface area contributed by atoms with Crippen molar-refractivity contribution >= 4 is 0 Å². The Labute approximate surface area is 80.9 Å². The van der Waals surface area contributed by atoms with Crippen molar-refractivity contribution in [1.82, 2.24) is 0 Å². The van der Waals surface area contributed by atoms with Gasteiger partial charge in [-0.15, -0.1) is 6.54 Å². The minimum atomic E-state index is -4.25. The van der Waals surface area contributed by atoms with E-state index in [1.54, 1.807) is 13.1 Å². The van der Waals surface area contributed by atoms with E-state index in [1.165, 1.54) is 12.1 Å². The summed E-state index contributed by atoms with van der Waals surface area (Å²) in [6.07, 6.45) is -3.69. The van der Waals surface area contributed by atoms with Crippen LogP contribution in [0.4, 0.5) is 13.2 Å². The average Bonchev–Trinajstić information content (AvgIpc) is 2.14. The van der Waals surface area contributed by atoms with Crippen molar-refractivity contribution in [1.29, 1.82) is 0 Å². The fourth-order valence-corrected chi connectivity index (χ4v) is 1.14. The highest BCUT2D eigenvalue weighted by molar-refractivity contribution is 5.26. The summed E-state index contributed by atoms with van der Waals surface area (Å²) >= 11 is 0. The van der Waals surface area contributed by atoms with Crippen LogP contribution in [0.25, 0.3) is 5.32 Å². The Morgan fingerprint density at radius 1 is 1.29 bits per heavy atom. The molecule has 0 radical (unpaired) electrons. The standard InChI is InChI=1S/C10H11F3N/c1-14-6-5-8-3-2-4-9(7-8)10(11,12)13/h2-4,7H,5-6H2,1H3/q-1. The van der Waals surface area contributed by atoms with Crippen LogP contribution in [-0.2, 0) is 12.6 Å². The molecule has 0 aliphatic rings. The number of nitrogens with zero attached hydrogens (tertiary/aromatic N) is 1. The summed E-state index contributed by atoms with van der Waals surface area (Å²) in [5.74, 6) is 0. The average molecular weight is 202 g/mol. The summed E-state index contributed by atoms with van der Waals surface area (Å²) in [5, 5.41) is 3.84. The third kappa shape index (κ3) is 3.03. The maximum absolute atomic E-state index is 12.3. The lowest BCUT2D eigenvalue weighted by Crippen LogP contribution is -2.05. The Kier molecular flexibility index (Phi) is 3.52. The fraction of sp³-hybridized carbons (Fsp3) is 0.400. The third-order valence-electron chi connectivity index (χ3n) is 1.88. The highest BCUT2D eigenvalue weighted by Gasteiger charge is 2.30. The van der Waals surface area contributed by atoms with Gasteiger partial charge < -0.3 is 5.32 Å². The van der Waals surface area contributed by atoms with Gasteiger partial charge in [0, 0.05) is 0 Å². The number of benzene rings is 1. The van der Waals surface area contributed by atoms with Gasteiger partial charge in [0.05, 0.1) is 5.56 Å². The number of halogens is 3. The van der Waals surface area contributed by atoms with Crippen molar-refractivity contribution < 1.29 is 13.2 Å². The SMILES string of the molecule is C[N-]CCc1cccc(C(F)(F)F)c1. The van der Waals surface area contributed by atoms with Crippen LogP contribution in [0.1, 0.15) is 11.1 Å². The second-order valence-corrected chi connectivity index (χ2v) is 2.99. The van der Waals surface area contributed by atoms with Crippen molar-refractivity contribution in [3.63, 3.8) is 0 Å². The van der Waals surface area contributed by atoms with Crippen LogP contribution in [0.15, 0.2) is 24.3 Å². The Hall–Kier alpha value is -1.03. The topological polar surface area (TPSA) is 14.1 Å². The van der Waals surface area contributed by atoms with Crippen LogP contribution in [0.5, 0.6) is 0 Å². The first-order valence-corrected chi connectivity index (χ1v) is 4.26. The molecule has 1 aromatic rings. The molecule has 0 saturated carbocycles. The predicted molar refractivity (Wildman–Crippen MR) is 49.3 cm³/mol. The van der Waals surface area contributed by atoms with Gasteiger partial charge in [0.15, 0.2) is 0 Å². The van der Waals surface area contributed by atoms with Crippen LogP contribution in [-0.4, -0.2) is 13.6 Å². The first-order valence-electron chi connectivity index (χ1n) is 4.26. The molecule has 14 heavy (non-hydrogen) atoms. The summed E-state index contributed by atoms with van der Waals surface area (Å²) in [6.45, 7) is 0.557. The minimum Gasteiger partial charge on any atom is -0.665 e. The summed E-state index contributed by atoms with van der Waals surface area (Å²) < 4.78 is 36.8. The number of hydrogen-bond acceptors (Lipinski definition) is 0. The molecule has 0 heterocycles. The molecule has 78 valence electrons. The molecule has 0 bridgehead atoms. The lowest BCUT2D eigenvalue weighted by molar-refractivity contribution is -0.137. The van der Waals surface area contributed by atoms with Crippen molar-refractivity contribution in [3.8, 4) is 0 Å². The molecule has 0 spiro atoms. The van der Waals surface area contributed by atoms with Gasteiger partial charge in [-0.1, -0.05) is 18.2 Å². The maximum Gasteiger partial charge on any atom is 0.416 e. The predicted octanol–water partition coefficient (Wildman–Crippen LogP) is 3.25.